The third-order valence-corrected chi connectivity index (χ3v) is 5.41. The lowest BCUT2D eigenvalue weighted by molar-refractivity contribution is -0.130. The van der Waals surface area contributed by atoms with Crippen molar-refractivity contribution in [2.24, 2.45) is 0 Å². The molecule has 4 rings (SSSR count). The number of nitrogens with one attached hydrogen (secondary N) is 1. The predicted octanol–water partition coefficient (Wildman–Crippen LogP) is 3.40. The highest BCUT2D eigenvalue weighted by atomic mass is 16.3. The van der Waals surface area contributed by atoms with Gasteiger partial charge < -0.3 is 14.6 Å². The summed E-state index contributed by atoms with van der Waals surface area (Å²) in [5, 5.41) is 8.08. The molecule has 8 heteroatoms. The Kier molecular flexibility index (Phi) is 5.83. The van der Waals surface area contributed by atoms with E-state index in [1.165, 1.54) is 0 Å². The molecule has 158 valence electrons. The molecule has 3 aromatic rings. The molecule has 1 N–H and O–H groups in total. The summed E-state index contributed by atoms with van der Waals surface area (Å²) in [4.78, 5) is 31.7. The van der Waals surface area contributed by atoms with Crippen molar-refractivity contribution in [1.29, 1.82) is 0 Å². The van der Waals surface area contributed by atoms with Gasteiger partial charge in [0.15, 0.2) is 11.4 Å². The molecule has 1 saturated heterocycles. The fourth-order valence-corrected chi connectivity index (χ4v) is 3.81. The van der Waals surface area contributed by atoms with Gasteiger partial charge in [0.2, 0.25) is 5.91 Å². The van der Waals surface area contributed by atoms with E-state index < -0.39 is 0 Å². The lowest BCUT2D eigenvalue weighted by atomic mass is 10.1. The minimum absolute atomic E-state index is 0.104. The largest absolute Gasteiger partial charge is 0.463 e. The first-order valence-electron chi connectivity index (χ1n) is 10.5. The van der Waals surface area contributed by atoms with E-state index in [2.05, 4.69) is 15.4 Å². The number of likely N-dealkylation sites (tertiary alicyclic amines) is 1. The molecular weight excluding hydrogens is 382 g/mol. The van der Waals surface area contributed by atoms with Gasteiger partial charge in [0.25, 0.3) is 5.91 Å². The highest BCUT2D eigenvalue weighted by Crippen LogP contribution is 2.26. The van der Waals surface area contributed by atoms with Gasteiger partial charge >= 0.3 is 0 Å². The van der Waals surface area contributed by atoms with Crippen LogP contribution in [0.3, 0.4) is 0 Å². The second kappa shape index (κ2) is 8.69. The molecule has 0 aliphatic carbocycles. The summed E-state index contributed by atoms with van der Waals surface area (Å²) in [6, 6.07) is 5.45. The molecule has 0 saturated carbocycles. The second-order valence-corrected chi connectivity index (χ2v) is 7.90. The number of carbonyl (C=O) groups excluding carboxylic acids is 2. The predicted molar refractivity (Wildman–Crippen MR) is 113 cm³/mol. The molecule has 4 heterocycles. The van der Waals surface area contributed by atoms with Crippen molar-refractivity contribution >= 4 is 22.8 Å². The Bertz CT molecular complexity index is 1040. The first-order valence-corrected chi connectivity index (χ1v) is 10.5. The molecule has 30 heavy (non-hydrogen) atoms. The molecule has 1 fully saturated rings. The number of hydrogen-bond acceptors (Lipinski definition) is 5. The Labute approximate surface area is 175 Å². The number of aromatic nitrogens is 3. The van der Waals surface area contributed by atoms with Crippen LogP contribution in [0, 0.1) is 0 Å². The zero-order valence-corrected chi connectivity index (χ0v) is 17.4. The molecule has 2 amide bonds. The van der Waals surface area contributed by atoms with Gasteiger partial charge in [-0.1, -0.05) is 6.42 Å². The highest BCUT2D eigenvalue weighted by molar-refractivity contribution is 6.06. The minimum atomic E-state index is -0.208. The van der Waals surface area contributed by atoms with Crippen molar-refractivity contribution < 1.29 is 14.0 Å². The zero-order valence-electron chi connectivity index (χ0n) is 17.4. The van der Waals surface area contributed by atoms with E-state index in [0.29, 0.717) is 47.6 Å². The second-order valence-electron chi connectivity index (χ2n) is 7.90. The Hall–Kier alpha value is -3.16. The van der Waals surface area contributed by atoms with Crippen LogP contribution in [-0.4, -0.2) is 51.1 Å². The molecule has 0 radical (unpaired) electrons. The van der Waals surface area contributed by atoms with Crippen LogP contribution in [0.15, 0.2) is 35.1 Å². The van der Waals surface area contributed by atoms with Gasteiger partial charge in [0, 0.05) is 32.1 Å². The number of rotatable bonds is 6. The maximum Gasteiger partial charge on any atom is 0.252 e. The summed E-state index contributed by atoms with van der Waals surface area (Å²) in [7, 11) is 0. The monoisotopic (exact) mass is 409 g/mol. The smallest absolute Gasteiger partial charge is 0.252 e. The molecule has 0 bridgehead atoms. The lowest BCUT2D eigenvalue weighted by Crippen LogP contribution is -2.38. The molecule has 0 unspecified atom stereocenters. The van der Waals surface area contributed by atoms with Gasteiger partial charge in [-0.05, 0) is 44.9 Å². The van der Waals surface area contributed by atoms with Crippen LogP contribution < -0.4 is 5.32 Å². The minimum Gasteiger partial charge on any atom is -0.463 e. The van der Waals surface area contributed by atoms with Crippen molar-refractivity contribution in [3.8, 4) is 11.5 Å². The Balaban J connectivity index is 1.57. The van der Waals surface area contributed by atoms with Crippen molar-refractivity contribution in [1.82, 2.24) is 25.0 Å². The maximum absolute atomic E-state index is 13.0. The number of hydrogen-bond donors (Lipinski definition) is 1. The third kappa shape index (κ3) is 4.08. The van der Waals surface area contributed by atoms with Crippen LogP contribution in [0.25, 0.3) is 22.5 Å². The quantitative estimate of drug-likeness (QED) is 0.673. The van der Waals surface area contributed by atoms with E-state index in [-0.39, 0.29) is 17.9 Å². The van der Waals surface area contributed by atoms with Crippen LogP contribution in [0.5, 0.6) is 0 Å². The molecule has 0 aromatic carbocycles. The fourth-order valence-electron chi connectivity index (χ4n) is 3.81. The summed E-state index contributed by atoms with van der Waals surface area (Å²) in [5.74, 6) is 0.560. The van der Waals surface area contributed by atoms with Crippen molar-refractivity contribution in [3.63, 3.8) is 0 Å². The van der Waals surface area contributed by atoms with Crippen LogP contribution in [0.1, 0.15) is 55.9 Å². The Morgan fingerprint density at radius 1 is 1.30 bits per heavy atom. The van der Waals surface area contributed by atoms with E-state index in [9.17, 15) is 9.59 Å². The number of nitrogens with zero attached hydrogens (tertiary/aromatic N) is 4. The van der Waals surface area contributed by atoms with Gasteiger partial charge in [-0.25, -0.2) is 9.67 Å². The number of furan rings is 1. The van der Waals surface area contributed by atoms with Crippen LogP contribution in [0.2, 0.25) is 0 Å². The van der Waals surface area contributed by atoms with Gasteiger partial charge in [-0.3, -0.25) is 9.59 Å². The highest BCUT2D eigenvalue weighted by Gasteiger charge is 2.20. The van der Waals surface area contributed by atoms with E-state index in [1.807, 2.05) is 24.8 Å². The summed E-state index contributed by atoms with van der Waals surface area (Å²) in [6.07, 6.45) is 6.91. The van der Waals surface area contributed by atoms with E-state index in [0.717, 1.165) is 25.8 Å². The van der Waals surface area contributed by atoms with Gasteiger partial charge in [-0.15, -0.1) is 0 Å². The number of carbonyl (C=O) groups is 2. The van der Waals surface area contributed by atoms with Crippen molar-refractivity contribution in [3.05, 3.63) is 36.2 Å². The van der Waals surface area contributed by atoms with Gasteiger partial charge in [0.1, 0.15) is 5.69 Å². The van der Waals surface area contributed by atoms with Crippen molar-refractivity contribution in [2.45, 2.75) is 45.6 Å². The molecule has 0 atom stereocenters. The van der Waals surface area contributed by atoms with Gasteiger partial charge in [0.05, 0.1) is 23.4 Å². The van der Waals surface area contributed by atoms with E-state index in [1.54, 1.807) is 29.3 Å². The lowest BCUT2D eigenvalue weighted by Gasteiger charge is -2.20. The summed E-state index contributed by atoms with van der Waals surface area (Å²) in [5.41, 5.74) is 1.73. The zero-order chi connectivity index (χ0) is 21.1. The Morgan fingerprint density at radius 3 is 2.93 bits per heavy atom. The molecule has 1 aliphatic heterocycles. The standard InChI is InChI=1S/C22H27N5O3/c1-15(2)27-21-17(14-24-27)16(13-18(25-21)19-7-6-12-30-19)22(29)23-9-11-26-10-5-3-4-8-20(26)28/h6-7,12-15H,3-5,8-11H2,1-2H3,(H,23,29). The first kappa shape index (κ1) is 20.1. The third-order valence-electron chi connectivity index (χ3n) is 5.41. The maximum atomic E-state index is 13.0. The molecular formula is C22H27N5O3. The molecule has 0 spiro atoms. The molecule has 3 aromatic heterocycles. The number of amides is 2. The van der Waals surface area contributed by atoms with Crippen LogP contribution in [-0.2, 0) is 4.79 Å². The number of fused-ring (bicyclic) bond motifs is 1. The van der Waals surface area contributed by atoms with E-state index in [4.69, 9.17) is 4.42 Å². The normalized spacial score (nSPS) is 15.0. The summed E-state index contributed by atoms with van der Waals surface area (Å²) >= 11 is 0. The molecule has 8 nitrogen and oxygen atoms in total. The topological polar surface area (TPSA) is 93.3 Å². The number of pyridine rings is 1. The van der Waals surface area contributed by atoms with Crippen LogP contribution in [0.4, 0.5) is 0 Å². The van der Waals surface area contributed by atoms with Crippen molar-refractivity contribution in [2.75, 3.05) is 19.6 Å². The van der Waals surface area contributed by atoms with Crippen LogP contribution >= 0.6 is 0 Å². The average molecular weight is 409 g/mol. The summed E-state index contributed by atoms with van der Waals surface area (Å²) in [6.45, 7) is 5.73. The SMILES string of the molecule is CC(C)n1ncc2c(C(=O)NCCN3CCCCCC3=O)cc(-c3ccco3)nc21. The average Bonchev–Trinajstić information content (AvgIpc) is 3.36. The Morgan fingerprint density at radius 2 is 2.17 bits per heavy atom. The van der Waals surface area contributed by atoms with Gasteiger partial charge in [-0.2, -0.15) is 5.10 Å². The first-order chi connectivity index (χ1) is 14.5. The summed E-state index contributed by atoms with van der Waals surface area (Å²) < 4.78 is 7.30. The fraction of sp³-hybridized carbons (Fsp3) is 0.455. The molecule has 1 aliphatic rings. The van der Waals surface area contributed by atoms with E-state index >= 15 is 0 Å².